The Labute approximate surface area is 178 Å². The molecule has 0 heterocycles. The molecule has 2 atom stereocenters. The van der Waals surface area contributed by atoms with Gasteiger partial charge in [-0.15, -0.1) is 0 Å². The highest BCUT2D eigenvalue weighted by Crippen LogP contribution is 2.26. The molecule has 1 amide bonds. The summed E-state index contributed by atoms with van der Waals surface area (Å²) in [6.07, 6.45) is 6.53. The number of anilines is 2. The summed E-state index contributed by atoms with van der Waals surface area (Å²) in [5, 5.41) is 19.1. The molecule has 1 aliphatic carbocycles. The number of nitrogens with zero attached hydrogens (tertiary/aromatic N) is 2. The summed E-state index contributed by atoms with van der Waals surface area (Å²) < 4.78 is 5.41. The van der Waals surface area contributed by atoms with Gasteiger partial charge in [-0.1, -0.05) is 12.8 Å². The van der Waals surface area contributed by atoms with Crippen molar-refractivity contribution in [3.63, 3.8) is 0 Å². The Morgan fingerprint density at radius 3 is 2.60 bits per heavy atom. The minimum absolute atomic E-state index is 0.0348. The van der Waals surface area contributed by atoms with Crippen LogP contribution in [-0.2, 0) is 4.74 Å². The van der Waals surface area contributed by atoms with E-state index in [-0.39, 0.29) is 12.1 Å². The number of carbonyl (C=O) groups excluding carboxylic acids is 1. The van der Waals surface area contributed by atoms with E-state index in [0.29, 0.717) is 16.9 Å². The SMILES string of the molecule is CN=CC(=CN)Nc1cc(N[C@@H]2CCCC[C@@H]2NC(=O)OC(C)(C)C)ccc1C#N. The molecule has 1 aromatic rings. The smallest absolute Gasteiger partial charge is 0.407 e. The molecule has 5 N–H and O–H groups in total. The highest BCUT2D eigenvalue weighted by molar-refractivity contribution is 5.84. The van der Waals surface area contributed by atoms with Crippen LogP contribution in [0.4, 0.5) is 16.2 Å². The van der Waals surface area contributed by atoms with E-state index < -0.39 is 11.7 Å². The van der Waals surface area contributed by atoms with Crippen molar-refractivity contribution >= 4 is 23.7 Å². The molecule has 1 aliphatic rings. The Kier molecular flexibility index (Phi) is 8.10. The van der Waals surface area contributed by atoms with Gasteiger partial charge >= 0.3 is 6.09 Å². The quantitative estimate of drug-likeness (QED) is 0.528. The highest BCUT2D eigenvalue weighted by atomic mass is 16.6. The summed E-state index contributed by atoms with van der Waals surface area (Å²) in [7, 11) is 1.65. The minimum atomic E-state index is -0.536. The van der Waals surface area contributed by atoms with Crippen molar-refractivity contribution in [2.45, 2.75) is 64.1 Å². The van der Waals surface area contributed by atoms with Crippen molar-refractivity contribution in [2.24, 2.45) is 10.7 Å². The van der Waals surface area contributed by atoms with Gasteiger partial charge in [0, 0.05) is 31.2 Å². The molecule has 0 radical (unpaired) electrons. The standard InChI is InChI=1S/C22H32N6O2/c1-22(2,3)30-21(29)28-19-8-6-5-7-18(19)26-16-10-9-15(12-23)20(11-16)27-17(13-24)14-25-4/h9-11,13-14,18-19,26-27H,5-8,24H2,1-4H3,(H,28,29)/t18-,19+/m1/s1. The second-order valence-electron chi connectivity index (χ2n) is 8.29. The maximum Gasteiger partial charge on any atom is 0.407 e. The molecule has 30 heavy (non-hydrogen) atoms. The summed E-state index contributed by atoms with van der Waals surface area (Å²) in [5.41, 5.74) is 7.66. The van der Waals surface area contributed by atoms with E-state index in [9.17, 15) is 10.1 Å². The predicted molar refractivity (Wildman–Crippen MR) is 121 cm³/mol. The first-order valence-electron chi connectivity index (χ1n) is 10.2. The van der Waals surface area contributed by atoms with Gasteiger partial charge in [0.05, 0.1) is 23.0 Å². The molecule has 1 aromatic carbocycles. The number of rotatable bonds is 6. The first-order chi connectivity index (χ1) is 14.3. The molecule has 0 bridgehead atoms. The third-order valence-corrected chi connectivity index (χ3v) is 4.69. The van der Waals surface area contributed by atoms with Crippen LogP contribution in [-0.4, -0.2) is 37.0 Å². The number of carbonyl (C=O) groups is 1. The number of nitriles is 1. The Balaban J connectivity index is 2.15. The van der Waals surface area contributed by atoms with E-state index in [1.165, 1.54) is 6.20 Å². The number of ether oxygens (including phenoxy) is 1. The van der Waals surface area contributed by atoms with Gasteiger partial charge in [0.1, 0.15) is 11.7 Å². The van der Waals surface area contributed by atoms with E-state index >= 15 is 0 Å². The number of hydrogen-bond acceptors (Lipinski definition) is 7. The number of nitrogens with one attached hydrogen (secondary N) is 3. The van der Waals surface area contributed by atoms with E-state index in [0.717, 1.165) is 31.4 Å². The van der Waals surface area contributed by atoms with E-state index in [4.69, 9.17) is 10.5 Å². The Morgan fingerprint density at radius 1 is 1.30 bits per heavy atom. The van der Waals surface area contributed by atoms with Gasteiger partial charge in [-0.2, -0.15) is 5.26 Å². The van der Waals surface area contributed by atoms with Crippen molar-refractivity contribution in [3.05, 3.63) is 35.7 Å². The number of nitrogens with two attached hydrogens (primary N) is 1. The van der Waals surface area contributed by atoms with Gasteiger partial charge < -0.3 is 26.4 Å². The van der Waals surface area contributed by atoms with Crippen molar-refractivity contribution in [2.75, 3.05) is 17.7 Å². The minimum Gasteiger partial charge on any atom is -0.444 e. The normalized spacial score (nSPS) is 19.8. The molecular weight excluding hydrogens is 380 g/mol. The molecule has 0 spiro atoms. The number of allylic oxidation sites excluding steroid dienone is 1. The largest absolute Gasteiger partial charge is 0.444 e. The van der Waals surface area contributed by atoms with Crippen LogP contribution in [0.2, 0.25) is 0 Å². The molecule has 8 nitrogen and oxygen atoms in total. The Bertz CT molecular complexity index is 835. The first-order valence-corrected chi connectivity index (χ1v) is 10.2. The first kappa shape index (κ1) is 23.1. The number of benzene rings is 1. The Hall–Kier alpha value is -3.21. The van der Waals surface area contributed by atoms with Crippen molar-refractivity contribution in [3.8, 4) is 6.07 Å². The molecule has 1 saturated carbocycles. The van der Waals surface area contributed by atoms with Crippen LogP contribution in [0, 0.1) is 11.3 Å². The molecular formula is C22H32N6O2. The number of amides is 1. The van der Waals surface area contributed by atoms with Crippen LogP contribution in [0.3, 0.4) is 0 Å². The molecule has 0 unspecified atom stereocenters. The van der Waals surface area contributed by atoms with Gasteiger partial charge in [-0.3, -0.25) is 4.99 Å². The number of aliphatic imine (C=N–C) groups is 1. The van der Waals surface area contributed by atoms with Gasteiger partial charge in [0.25, 0.3) is 0 Å². The van der Waals surface area contributed by atoms with Gasteiger partial charge in [-0.05, 0) is 51.8 Å². The van der Waals surface area contributed by atoms with Gasteiger partial charge in [0.2, 0.25) is 0 Å². The highest BCUT2D eigenvalue weighted by Gasteiger charge is 2.28. The molecule has 162 valence electrons. The van der Waals surface area contributed by atoms with Crippen molar-refractivity contribution in [1.82, 2.24) is 5.32 Å². The maximum atomic E-state index is 12.2. The third kappa shape index (κ3) is 6.99. The van der Waals surface area contributed by atoms with E-state index in [1.807, 2.05) is 32.9 Å². The summed E-state index contributed by atoms with van der Waals surface area (Å²) in [5.74, 6) is 0. The topological polar surface area (TPSA) is 125 Å². The molecule has 0 saturated heterocycles. The van der Waals surface area contributed by atoms with E-state index in [2.05, 4.69) is 27.0 Å². The molecule has 2 rings (SSSR count). The summed E-state index contributed by atoms with van der Waals surface area (Å²) in [6, 6.07) is 7.69. The zero-order chi connectivity index (χ0) is 22.1. The van der Waals surface area contributed by atoms with E-state index in [1.54, 1.807) is 19.3 Å². The monoisotopic (exact) mass is 412 g/mol. The number of hydrogen-bond donors (Lipinski definition) is 4. The lowest BCUT2D eigenvalue weighted by Gasteiger charge is -2.34. The van der Waals surface area contributed by atoms with Crippen LogP contribution in [0.25, 0.3) is 0 Å². The summed E-state index contributed by atoms with van der Waals surface area (Å²) >= 11 is 0. The molecule has 1 fully saturated rings. The zero-order valence-corrected chi connectivity index (χ0v) is 18.2. The predicted octanol–water partition coefficient (Wildman–Crippen LogP) is 3.72. The molecule has 0 aromatic heterocycles. The third-order valence-electron chi connectivity index (χ3n) is 4.69. The lowest BCUT2D eigenvalue weighted by atomic mass is 9.90. The second-order valence-corrected chi connectivity index (χ2v) is 8.29. The van der Waals surface area contributed by atoms with Crippen molar-refractivity contribution < 1.29 is 9.53 Å². The van der Waals surface area contributed by atoms with Crippen LogP contribution in [0.15, 0.2) is 35.1 Å². The molecule has 8 heteroatoms. The second kappa shape index (κ2) is 10.5. The fourth-order valence-electron chi connectivity index (χ4n) is 3.40. The summed E-state index contributed by atoms with van der Waals surface area (Å²) in [4.78, 5) is 16.2. The lowest BCUT2D eigenvalue weighted by Crippen LogP contribution is -2.49. The summed E-state index contributed by atoms with van der Waals surface area (Å²) in [6.45, 7) is 5.55. The lowest BCUT2D eigenvalue weighted by molar-refractivity contribution is 0.0488. The van der Waals surface area contributed by atoms with Gasteiger partial charge in [-0.25, -0.2) is 4.79 Å². The Morgan fingerprint density at radius 2 is 2.00 bits per heavy atom. The average molecular weight is 413 g/mol. The average Bonchev–Trinajstić information content (AvgIpc) is 2.68. The van der Waals surface area contributed by atoms with Gasteiger partial charge in [0.15, 0.2) is 0 Å². The maximum absolute atomic E-state index is 12.2. The fourth-order valence-corrected chi connectivity index (χ4v) is 3.40. The van der Waals surface area contributed by atoms with Crippen LogP contribution in [0.1, 0.15) is 52.0 Å². The van der Waals surface area contributed by atoms with Crippen LogP contribution in [0.5, 0.6) is 0 Å². The molecule has 0 aliphatic heterocycles. The van der Waals surface area contributed by atoms with Crippen LogP contribution < -0.4 is 21.7 Å². The van der Waals surface area contributed by atoms with Crippen molar-refractivity contribution in [1.29, 1.82) is 5.26 Å². The van der Waals surface area contributed by atoms with Crippen LogP contribution >= 0.6 is 0 Å². The number of alkyl carbamates (subject to hydrolysis) is 1. The zero-order valence-electron chi connectivity index (χ0n) is 18.2. The fraction of sp³-hybridized carbons (Fsp3) is 0.500.